The minimum Gasteiger partial charge on any atom is -0.388 e. The monoisotopic (exact) mass is 159 g/mol. The fourth-order valence-corrected chi connectivity index (χ4v) is 2.51. The number of rotatable bonds is 0. The molecule has 1 N–H and O–H groups in total. The quantitative estimate of drug-likeness (QED) is 0.571. The van der Waals surface area contributed by atoms with E-state index in [0.717, 1.165) is 6.54 Å². The predicted molar refractivity (Wildman–Crippen MR) is 49.7 cm³/mol. The van der Waals surface area contributed by atoms with Crippen molar-refractivity contribution in [1.82, 2.24) is 5.32 Å². The molecule has 0 aromatic rings. The molecule has 0 saturated heterocycles. The van der Waals surface area contributed by atoms with Gasteiger partial charge >= 0.3 is 0 Å². The van der Waals surface area contributed by atoms with Crippen molar-refractivity contribution in [1.29, 1.82) is 0 Å². The van der Waals surface area contributed by atoms with Crippen molar-refractivity contribution in [3.05, 3.63) is 34.6 Å². The lowest BCUT2D eigenvalue weighted by molar-refractivity contribution is 0.788. The summed E-state index contributed by atoms with van der Waals surface area (Å²) in [6.45, 7) is 1.16. The minimum atomic E-state index is 1.16. The van der Waals surface area contributed by atoms with Gasteiger partial charge in [0.2, 0.25) is 0 Å². The maximum atomic E-state index is 3.48. The van der Waals surface area contributed by atoms with Gasteiger partial charge in [-0.1, -0.05) is 17.7 Å². The molecule has 12 heavy (non-hydrogen) atoms. The first-order valence-electron chi connectivity index (χ1n) is 4.80. The molecule has 0 bridgehead atoms. The third-order valence-corrected chi connectivity index (χ3v) is 3.11. The second-order valence-electron chi connectivity index (χ2n) is 3.76. The molecular weight excluding hydrogens is 146 g/mol. The van der Waals surface area contributed by atoms with Gasteiger partial charge in [0.25, 0.3) is 0 Å². The highest BCUT2D eigenvalue weighted by Crippen LogP contribution is 2.38. The van der Waals surface area contributed by atoms with Crippen LogP contribution >= 0.6 is 0 Å². The summed E-state index contributed by atoms with van der Waals surface area (Å²) >= 11 is 0. The van der Waals surface area contributed by atoms with Gasteiger partial charge in [-0.2, -0.15) is 0 Å². The van der Waals surface area contributed by atoms with Crippen molar-refractivity contribution in [3.8, 4) is 0 Å². The van der Waals surface area contributed by atoms with Crippen molar-refractivity contribution in [2.24, 2.45) is 0 Å². The van der Waals surface area contributed by atoms with Crippen molar-refractivity contribution in [2.45, 2.75) is 25.7 Å². The van der Waals surface area contributed by atoms with E-state index in [0.29, 0.717) is 0 Å². The molecule has 3 rings (SSSR count). The predicted octanol–water partition coefficient (Wildman–Crippen LogP) is 2.28. The third kappa shape index (κ3) is 0.739. The molecule has 0 spiro atoms. The Kier molecular flexibility index (Phi) is 1.23. The van der Waals surface area contributed by atoms with E-state index in [-0.39, 0.29) is 0 Å². The molecule has 0 aromatic carbocycles. The lowest BCUT2D eigenvalue weighted by Gasteiger charge is -2.16. The zero-order valence-electron chi connectivity index (χ0n) is 7.19. The molecule has 0 saturated carbocycles. The SMILES string of the molecule is C1=CC2=C(C1)CCC1=C2CCN1. The Hall–Kier alpha value is -0.980. The van der Waals surface area contributed by atoms with E-state index in [9.17, 15) is 0 Å². The molecule has 1 nitrogen and oxygen atoms in total. The molecule has 0 fully saturated rings. The van der Waals surface area contributed by atoms with E-state index in [1.54, 1.807) is 16.7 Å². The average molecular weight is 159 g/mol. The maximum Gasteiger partial charge on any atom is 0.0185 e. The lowest BCUT2D eigenvalue weighted by atomic mass is 9.91. The molecule has 2 aliphatic carbocycles. The summed E-state index contributed by atoms with van der Waals surface area (Å²) in [6.07, 6.45) is 9.63. The summed E-state index contributed by atoms with van der Waals surface area (Å²) in [6, 6.07) is 0. The highest BCUT2D eigenvalue weighted by molar-refractivity contribution is 5.53. The standard InChI is InChI=1S/C11H13N/c1-2-8-4-5-11-10(6-7-12-11)9(8)3-1/h1,3,12H,2,4-7H2. The van der Waals surface area contributed by atoms with E-state index in [1.165, 1.54) is 31.4 Å². The van der Waals surface area contributed by atoms with Gasteiger partial charge < -0.3 is 5.32 Å². The Morgan fingerprint density at radius 1 is 1.17 bits per heavy atom. The fourth-order valence-electron chi connectivity index (χ4n) is 2.51. The molecule has 1 heterocycles. The Morgan fingerprint density at radius 2 is 2.17 bits per heavy atom. The molecular formula is C11H13N. The van der Waals surface area contributed by atoms with Crippen LogP contribution in [0.25, 0.3) is 0 Å². The van der Waals surface area contributed by atoms with Crippen molar-refractivity contribution >= 4 is 0 Å². The number of allylic oxidation sites excluding steroid dienone is 5. The second kappa shape index (κ2) is 2.25. The zero-order chi connectivity index (χ0) is 7.97. The normalized spacial score (nSPS) is 26.0. The van der Waals surface area contributed by atoms with E-state index in [1.807, 2.05) is 0 Å². The maximum absolute atomic E-state index is 3.48. The Labute approximate surface area is 72.9 Å². The van der Waals surface area contributed by atoms with Gasteiger partial charge in [0.1, 0.15) is 0 Å². The summed E-state index contributed by atoms with van der Waals surface area (Å²) in [5, 5.41) is 3.48. The van der Waals surface area contributed by atoms with Crippen LogP contribution < -0.4 is 5.32 Å². The Morgan fingerprint density at radius 3 is 3.17 bits per heavy atom. The van der Waals surface area contributed by atoms with Gasteiger partial charge in [-0.25, -0.2) is 0 Å². The van der Waals surface area contributed by atoms with Crippen molar-refractivity contribution < 1.29 is 0 Å². The first kappa shape index (κ1) is 6.53. The first-order chi connectivity index (χ1) is 5.95. The molecule has 0 amide bonds. The van der Waals surface area contributed by atoms with Gasteiger partial charge in [-0.3, -0.25) is 0 Å². The topological polar surface area (TPSA) is 12.0 Å². The van der Waals surface area contributed by atoms with Crippen LogP contribution in [0.15, 0.2) is 34.6 Å². The van der Waals surface area contributed by atoms with Crippen molar-refractivity contribution in [3.63, 3.8) is 0 Å². The van der Waals surface area contributed by atoms with Crippen LogP contribution in [0, 0.1) is 0 Å². The molecule has 62 valence electrons. The van der Waals surface area contributed by atoms with Crippen LogP contribution in [-0.4, -0.2) is 6.54 Å². The lowest BCUT2D eigenvalue weighted by Crippen LogP contribution is -2.09. The van der Waals surface area contributed by atoms with Crippen LogP contribution in [0.2, 0.25) is 0 Å². The fraction of sp³-hybridized carbons (Fsp3) is 0.455. The largest absolute Gasteiger partial charge is 0.388 e. The molecule has 3 aliphatic rings. The molecule has 0 atom stereocenters. The summed E-state index contributed by atoms with van der Waals surface area (Å²) < 4.78 is 0. The third-order valence-electron chi connectivity index (χ3n) is 3.11. The smallest absolute Gasteiger partial charge is 0.0185 e. The van der Waals surface area contributed by atoms with Crippen LogP contribution in [0.1, 0.15) is 25.7 Å². The summed E-state index contributed by atoms with van der Waals surface area (Å²) in [7, 11) is 0. The number of hydrogen-bond donors (Lipinski definition) is 1. The number of fused-ring (bicyclic) bond motifs is 1. The molecule has 1 heteroatoms. The van der Waals surface area contributed by atoms with Crippen molar-refractivity contribution in [2.75, 3.05) is 6.54 Å². The van der Waals surface area contributed by atoms with E-state index in [2.05, 4.69) is 17.5 Å². The summed E-state index contributed by atoms with van der Waals surface area (Å²) in [5.41, 5.74) is 6.39. The van der Waals surface area contributed by atoms with Crippen LogP contribution in [0.4, 0.5) is 0 Å². The van der Waals surface area contributed by atoms with Gasteiger partial charge in [0.15, 0.2) is 0 Å². The van der Waals surface area contributed by atoms with Crippen LogP contribution in [0.3, 0.4) is 0 Å². The Bertz CT molecular complexity index is 318. The molecule has 0 radical (unpaired) electrons. The minimum absolute atomic E-state index is 1.16. The van der Waals surface area contributed by atoms with E-state index < -0.39 is 0 Å². The van der Waals surface area contributed by atoms with E-state index >= 15 is 0 Å². The summed E-state index contributed by atoms with van der Waals surface area (Å²) in [4.78, 5) is 0. The van der Waals surface area contributed by atoms with Gasteiger partial charge in [0.05, 0.1) is 0 Å². The average Bonchev–Trinajstić information content (AvgIpc) is 2.71. The second-order valence-corrected chi connectivity index (χ2v) is 3.76. The highest BCUT2D eigenvalue weighted by atomic mass is 14.9. The van der Waals surface area contributed by atoms with Gasteiger partial charge in [-0.15, -0.1) is 0 Å². The number of hydrogen-bond acceptors (Lipinski definition) is 1. The van der Waals surface area contributed by atoms with Gasteiger partial charge in [-0.05, 0) is 36.8 Å². The highest BCUT2D eigenvalue weighted by Gasteiger charge is 2.24. The zero-order valence-corrected chi connectivity index (χ0v) is 7.19. The number of nitrogens with one attached hydrogen (secondary N) is 1. The van der Waals surface area contributed by atoms with Gasteiger partial charge in [0, 0.05) is 12.2 Å². The van der Waals surface area contributed by atoms with Crippen LogP contribution in [-0.2, 0) is 0 Å². The molecule has 0 unspecified atom stereocenters. The molecule has 1 aliphatic heterocycles. The summed E-state index contributed by atoms with van der Waals surface area (Å²) in [5.74, 6) is 0. The molecule has 0 aromatic heterocycles. The van der Waals surface area contributed by atoms with Crippen LogP contribution in [0.5, 0.6) is 0 Å². The Balaban J connectivity index is 2.10. The first-order valence-corrected chi connectivity index (χ1v) is 4.80. The van der Waals surface area contributed by atoms with E-state index in [4.69, 9.17) is 0 Å².